The zero-order valence-electron chi connectivity index (χ0n) is 11.5. The molecule has 0 bridgehead atoms. The van der Waals surface area contributed by atoms with Gasteiger partial charge in [-0.05, 0) is 30.3 Å². The maximum Gasteiger partial charge on any atom is 0.416 e. The van der Waals surface area contributed by atoms with Crippen molar-refractivity contribution >= 4 is 15.9 Å². The van der Waals surface area contributed by atoms with Gasteiger partial charge in [0.2, 0.25) is 0 Å². The van der Waals surface area contributed by atoms with E-state index in [9.17, 15) is 26.4 Å². The Bertz CT molecular complexity index is 806. The zero-order valence-corrected chi connectivity index (χ0v) is 12.3. The fraction of sp³-hybridized carbons (Fsp3) is 0.0714. The first-order chi connectivity index (χ1) is 10.7. The summed E-state index contributed by atoms with van der Waals surface area (Å²) in [6, 6.07) is 10.8. The van der Waals surface area contributed by atoms with Gasteiger partial charge in [-0.1, -0.05) is 24.3 Å². The smallest absolute Gasteiger partial charge is 0.273 e. The van der Waals surface area contributed by atoms with Crippen LogP contribution in [0.25, 0.3) is 0 Å². The predicted octanol–water partition coefficient (Wildman–Crippen LogP) is 2.33. The molecular formula is C14H11F3N2O3S. The van der Waals surface area contributed by atoms with Crippen molar-refractivity contribution in [2.75, 3.05) is 0 Å². The van der Waals surface area contributed by atoms with Gasteiger partial charge in [0.15, 0.2) is 0 Å². The van der Waals surface area contributed by atoms with Crippen molar-refractivity contribution in [1.82, 2.24) is 10.3 Å². The third-order valence-electron chi connectivity index (χ3n) is 2.80. The summed E-state index contributed by atoms with van der Waals surface area (Å²) in [7, 11) is -4.01. The van der Waals surface area contributed by atoms with Crippen LogP contribution < -0.4 is 10.3 Å². The minimum absolute atomic E-state index is 0.0932. The van der Waals surface area contributed by atoms with Gasteiger partial charge in [0.25, 0.3) is 15.9 Å². The lowest BCUT2D eigenvalue weighted by Gasteiger charge is -2.10. The second-order valence-electron chi connectivity index (χ2n) is 4.45. The maximum absolute atomic E-state index is 12.6. The number of hydrogen-bond donors (Lipinski definition) is 2. The van der Waals surface area contributed by atoms with Crippen LogP contribution in [0.3, 0.4) is 0 Å². The quantitative estimate of drug-likeness (QED) is 0.836. The molecule has 0 aliphatic heterocycles. The Kier molecular flexibility index (Phi) is 4.71. The molecule has 23 heavy (non-hydrogen) atoms. The van der Waals surface area contributed by atoms with E-state index in [0.717, 1.165) is 18.2 Å². The Balaban J connectivity index is 2.12. The van der Waals surface area contributed by atoms with Crippen LogP contribution >= 0.6 is 0 Å². The topological polar surface area (TPSA) is 75.3 Å². The largest absolute Gasteiger partial charge is 0.416 e. The highest BCUT2D eigenvalue weighted by molar-refractivity contribution is 7.89. The van der Waals surface area contributed by atoms with E-state index in [1.165, 1.54) is 24.3 Å². The molecule has 0 spiro atoms. The number of rotatable bonds is 4. The van der Waals surface area contributed by atoms with Crippen LogP contribution in [0.4, 0.5) is 13.2 Å². The molecule has 0 radical (unpaired) electrons. The van der Waals surface area contributed by atoms with Crippen LogP contribution in [-0.4, -0.2) is 14.3 Å². The zero-order chi connectivity index (χ0) is 17.1. The lowest BCUT2D eigenvalue weighted by molar-refractivity contribution is -0.137. The number of hydrazine groups is 1. The van der Waals surface area contributed by atoms with Crippen molar-refractivity contribution in [2.45, 2.75) is 11.1 Å². The molecule has 0 heterocycles. The summed E-state index contributed by atoms with van der Waals surface area (Å²) in [6.07, 6.45) is -4.60. The molecule has 2 N–H and O–H groups in total. The van der Waals surface area contributed by atoms with Crippen molar-refractivity contribution in [1.29, 1.82) is 0 Å². The molecule has 0 fully saturated rings. The van der Waals surface area contributed by atoms with E-state index in [1.54, 1.807) is 6.07 Å². The Morgan fingerprint density at radius 1 is 0.957 bits per heavy atom. The Hall–Kier alpha value is -2.39. The van der Waals surface area contributed by atoms with E-state index in [0.29, 0.717) is 6.07 Å². The molecule has 9 heteroatoms. The Morgan fingerprint density at radius 3 is 2.22 bits per heavy atom. The molecule has 0 saturated carbocycles. The van der Waals surface area contributed by atoms with Gasteiger partial charge in [-0.3, -0.25) is 10.2 Å². The van der Waals surface area contributed by atoms with Crippen LogP contribution in [-0.2, 0) is 16.2 Å². The summed E-state index contributed by atoms with van der Waals surface area (Å²) in [5, 5.41) is 0. The molecule has 2 rings (SSSR count). The van der Waals surface area contributed by atoms with Crippen molar-refractivity contribution in [3.05, 3.63) is 65.7 Å². The monoisotopic (exact) mass is 344 g/mol. The van der Waals surface area contributed by atoms with E-state index in [-0.39, 0.29) is 10.5 Å². The fourth-order valence-electron chi connectivity index (χ4n) is 1.68. The van der Waals surface area contributed by atoms with Crippen molar-refractivity contribution in [2.24, 2.45) is 0 Å². The van der Waals surface area contributed by atoms with E-state index in [2.05, 4.69) is 0 Å². The highest BCUT2D eigenvalue weighted by atomic mass is 32.2. The van der Waals surface area contributed by atoms with Gasteiger partial charge in [0.1, 0.15) is 0 Å². The van der Waals surface area contributed by atoms with Crippen LogP contribution in [0.15, 0.2) is 59.5 Å². The predicted molar refractivity (Wildman–Crippen MR) is 75.7 cm³/mol. The molecule has 0 aliphatic rings. The van der Waals surface area contributed by atoms with Gasteiger partial charge >= 0.3 is 6.18 Å². The SMILES string of the molecule is O=C(NNS(=O)(=O)c1ccccc1)c1cccc(C(F)(F)F)c1. The standard InChI is InChI=1S/C14H11F3N2O3S/c15-14(16,17)11-6-4-5-10(9-11)13(20)18-19-23(21,22)12-7-2-1-3-8-12/h1-9,19H,(H,18,20). The second kappa shape index (κ2) is 6.39. The molecule has 0 unspecified atom stereocenters. The van der Waals surface area contributed by atoms with Gasteiger partial charge in [0.05, 0.1) is 10.5 Å². The summed E-state index contributed by atoms with van der Waals surface area (Å²) >= 11 is 0. The number of amides is 1. The summed E-state index contributed by atoms with van der Waals surface area (Å²) in [5.41, 5.74) is 0.545. The number of hydrogen-bond acceptors (Lipinski definition) is 3. The first-order valence-corrected chi connectivity index (χ1v) is 7.73. The van der Waals surface area contributed by atoms with Gasteiger partial charge in [-0.25, -0.2) is 8.42 Å². The summed E-state index contributed by atoms with van der Waals surface area (Å²) in [4.78, 5) is 13.5. The summed E-state index contributed by atoms with van der Waals surface area (Å²) < 4.78 is 61.5. The van der Waals surface area contributed by atoms with Crippen LogP contribution in [0.1, 0.15) is 15.9 Å². The third-order valence-corrected chi connectivity index (χ3v) is 4.07. The molecule has 0 aromatic heterocycles. The molecule has 2 aromatic carbocycles. The maximum atomic E-state index is 12.6. The molecule has 0 saturated heterocycles. The minimum atomic E-state index is -4.60. The highest BCUT2D eigenvalue weighted by Crippen LogP contribution is 2.29. The number of alkyl halides is 3. The van der Waals surface area contributed by atoms with Gasteiger partial charge in [-0.2, -0.15) is 13.2 Å². The number of carbonyl (C=O) groups is 1. The number of carbonyl (C=O) groups excluding carboxylic acids is 1. The molecule has 0 atom stereocenters. The van der Waals surface area contributed by atoms with Crippen molar-refractivity contribution in [3.63, 3.8) is 0 Å². The number of nitrogens with one attached hydrogen (secondary N) is 2. The van der Waals surface area contributed by atoms with E-state index < -0.39 is 27.7 Å². The first-order valence-electron chi connectivity index (χ1n) is 6.24. The molecule has 5 nitrogen and oxygen atoms in total. The van der Waals surface area contributed by atoms with Gasteiger partial charge in [-0.15, -0.1) is 4.83 Å². The Labute approximate surface area is 130 Å². The van der Waals surface area contributed by atoms with Crippen LogP contribution in [0, 0.1) is 0 Å². The van der Waals surface area contributed by atoms with E-state index in [1.807, 2.05) is 10.3 Å². The summed E-state index contributed by atoms with van der Waals surface area (Å²) in [5.74, 6) is -1.00. The third kappa shape index (κ3) is 4.30. The lowest BCUT2D eigenvalue weighted by Crippen LogP contribution is -2.41. The summed E-state index contributed by atoms with van der Waals surface area (Å²) in [6.45, 7) is 0. The normalized spacial score (nSPS) is 12.0. The first kappa shape index (κ1) is 17.0. The molecule has 1 amide bonds. The molecular weight excluding hydrogens is 333 g/mol. The number of benzene rings is 2. The van der Waals surface area contributed by atoms with Crippen LogP contribution in [0.5, 0.6) is 0 Å². The van der Waals surface area contributed by atoms with Crippen LogP contribution in [0.2, 0.25) is 0 Å². The van der Waals surface area contributed by atoms with Crippen molar-refractivity contribution < 1.29 is 26.4 Å². The van der Waals surface area contributed by atoms with E-state index in [4.69, 9.17) is 0 Å². The fourth-order valence-corrected chi connectivity index (χ4v) is 2.54. The average Bonchev–Trinajstić information content (AvgIpc) is 2.53. The molecule has 0 aliphatic carbocycles. The van der Waals surface area contributed by atoms with Gasteiger partial charge < -0.3 is 0 Å². The lowest BCUT2D eigenvalue weighted by atomic mass is 10.1. The average molecular weight is 344 g/mol. The van der Waals surface area contributed by atoms with E-state index >= 15 is 0 Å². The molecule has 122 valence electrons. The van der Waals surface area contributed by atoms with Gasteiger partial charge in [0, 0.05) is 5.56 Å². The number of sulfonamides is 1. The highest BCUT2D eigenvalue weighted by Gasteiger charge is 2.31. The molecule has 2 aromatic rings. The Morgan fingerprint density at radius 2 is 1.61 bits per heavy atom. The minimum Gasteiger partial charge on any atom is -0.273 e. The van der Waals surface area contributed by atoms with Crippen molar-refractivity contribution in [3.8, 4) is 0 Å². The number of halogens is 3. The second-order valence-corrected chi connectivity index (χ2v) is 6.13.